The maximum atomic E-state index is 5.90. The Bertz CT molecular complexity index is 375. The molecule has 0 aliphatic heterocycles. The van der Waals surface area contributed by atoms with Crippen molar-refractivity contribution in [2.24, 2.45) is 0 Å². The number of nitrogens with zero attached hydrogens (tertiary/aromatic N) is 1. The molecule has 0 bridgehead atoms. The van der Waals surface area contributed by atoms with Gasteiger partial charge in [0.25, 0.3) is 0 Å². The van der Waals surface area contributed by atoms with Gasteiger partial charge in [0.05, 0.1) is 13.2 Å². The Morgan fingerprint density at radius 2 is 1.79 bits per heavy atom. The second kappa shape index (κ2) is 7.63. The minimum absolute atomic E-state index is 0.0694. The van der Waals surface area contributed by atoms with Crippen molar-refractivity contribution in [2.45, 2.75) is 32.4 Å². The third-order valence-corrected chi connectivity index (χ3v) is 3.69. The number of hydrogen-bond donors (Lipinski definition) is 1. The average molecular weight is 264 g/mol. The summed E-state index contributed by atoms with van der Waals surface area (Å²) in [7, 11) is 6.16. The lowest BCUT2D eigenvalue weighted by Gasteiger charge is -2.32. The molecule has 0 aliphatic carbocycles. The van der Waals surface area contributed by atoms with Crippen LogP contribution in [0.2, 0.25) is 0 Å². The molecule has 3 heteroatoms. The molecule has 0 saturated heterocycles. The lowest BCUT2D eigenvalue weighted by Crippen LogP contribution is -2.42. The first-order chi connectivity index (χ1) is 8.97. The van der Waals surface area contributed by atoms with Gasteiger partial charge < -0.3 is 15.0 Å². The lowest BCUT2D eigenvalue weighted by molar-refractivity contribution is 0.0272. The molecule has 1 rings (SSSR count). The summed E-state index contributed by atoms with van der Waals surface area (Å²) in [6, 6.07) is 8.53. The normalized spacial score (nSPS) is 12.1. The van der Waals surface area contributed by atoms with Crippen LogP contribution < -0.4 is 5.32 Å². The van der Waals surface area contributed by atoms with E-state index in [1.54, 1.807) is 0 Å². The Balaban J connectivity index is 2.53. The van der Waals surface area contributed by atoms with E-state index >= 15 is 0 Å². The summed E-state index contributed by atoms with van der Waals surface area (Å²) in [6.45, 7) is 6.82. The largest absolute Gasteiger partial charge is 0.375 e. The molecule has 0 unspecified atom stereocenters. The fourth-order valence-electron chi connectivity index (χ4n) is 1.74. The van der Waals surface area contributed by atoms with E-state index in [2.05, 4.69) is 62.4 Å². The van der Waals surface area contributed by atoms with Crippen LogP contribution in [0.5, 0.6) is 0 Å². The summed E-state index contributed by atoms with van der Waals surface area (Å²) in [5.74, 6) is 0. The minimum atomic E-state index is 0.0694. The zero-order chi connectivity index (χ0) is 14.3. The van der Waals surface area contributed by atoms with Crippen LogP contribution in [0.25, 0.3) is 0 Å². The second-order valence-electron chi connectivity index (χ2n) is 5.82. The van der Waals surface area contributed by atoms with Crippen molar-refractivity contribution >= 4 is 0 Å². The van der Waals surface area contributed by atoms with E-state index < -0.39 is 0 Å². The molecule has 1 aromatic rings. The molecule has 0 amide bonds. The molecule has 0 aromatic heterocycles. The number of ether oxygens (including phenoxy) is 1. The van der Waals surface area contributed by atoms with Crippen LogP contribution in [0.3, 0.4) is 0 Å². The SMILES string of the molecule is CNCCc1ccccc1COCC(C)(C)N(C)C. The molecule has 1 N–H and O–H groups in total. The van der Waals surface area contributed by atoms with Crippen LogP contribution in [-0.2, 0) is 17.8 Å². The van der Waals surface area contributed by atoms with Gasteiger partial charge in [-0.3, -0.25) is 0 Å². The Hall–Kier alpha value is -0.900. The van der Waals surface area contributed by atoms with E-state index in [-0.39, 0.29) is 5.54 Å². The molecule has 19 heavy (non-hydrogen) atoms. The number of hydrogen-bond acceptors (Lipinski definition) is 3. The first kappa shape index (κ1) is 16.2. The van der Waals surface area contributed by atoms with Crippen molar-refractivity contribution in [1.29, 1.82) is 0 Å². The smallest absolute Gasteiger partial charge is 0.0720 e. The van der Waals surface area contributed by atoms with Crippen molar-refractivity contribution in [1.82, 2.24) is 10.2 Å². The van der Waals surface area contributed by atoms with E-state index in [9.17, 15) is 0 Å². The van der Waals surface area contributed by atoms with Gasteiger partial charge >= 0.3 is 0 Å². The molecule has 0 heterocycles. The molecular weight excluding hydrogens is 236 g/mol. The van der Waals surface area contributed by atoms with E-state index in [0.717, 1.165) is 19.6 Å². The molecule has 0 atom stereocenters. The predicted octanol–water partition coefficient (Wildman–Crippen LogP) is 2.31. The quantitative estimate of drug-likeness (QED) is 0.780. The molecule has 0 spiro atoms. The highest BCUT2D eigenvalue weighted by atomic mass is 16.5. The van der Waals surface area contributed by atoms with Gasteiger partial charge in [0.1, 0.15) is 0 Å². The molecule has 1 aromatic carbocycles. The first-order valence-corrected chi connectivity index (χ1v) is 6.94. The van der Waals surface area contributed by atoms with Crippen molar-refractivity contribution < 1.29 is 4.74 Å². The van der Waals surface area contributed by atoms with E-state index in [1.165, 1.54) is 11.1 Å². The van der Waals surface area contributed by atoms with E-state index in [1.807, 2.05) is 7.05 Å². The van der Waals surface area contributed by atoms with Crippen molar-refractivity contribution in [2.75, 3.05) is 34.3 Å². The highest BCUT2D eigenvalue weighted by Gasteiger charge is 2.20. The Kier molecular flexibility index (Phi) is 6.49. The monoisotopic (exact) mass is 264 g/mol. The van der Waals surface area contributed by atoms with Crippen LogP contribution in [-0.4, -0.2) is 44.7 Å². The maximum absolute atomic E-state index is 5.90. The van der Waals surface area contributed by atoms with Gasteiger partial charge in [-0.25, -0.2) is 0 Å². The highest BCUT2D eigenvalue weighted by molar-refractivity contribution is 5.26. The lowest BCUT2D eigenvalue weighted by atomic mass is 10.0. The number of likely N-dealkylation sites (N-methyl/N-ethyl adjacent to an activating group) is 2. The van der Waals surface area contributed by atoms with Gasteiger partial charge in [0, 0.05) is 5.54 Å². The molecule has 0 fully saturated rings. The van der Waals surface area contributed by atoms with Crippen molar-refractivity contribution in [3.05, 3.63) is 35.4 Å². The Morgan fingerprint density at radius 1 is 1.16 bits per heavy atom. The summed E-state index contributed by atoms with van der Waals surface area (Å²) >= 11 is 0. The maximum Gasteiger partial charge on any atom is 0.0720 e. The zero-order valence-corrected chi connectivity index (χ0v) is 13.0. The van der Waals surface area contributed by atoms with Gasteiger partial charge in [-0.2, -0.15) is 0 Å². The van der Waals surface area contributed by atoms with Gasteiger partial charge in [-0.15, -0.1) is 0 Å². The molecule has 0 saturated carbocycles. The minimum Gasteiger partial charge on any atom is -0.375 e. The van der Waals surface area contributed by atoms with Crippen LogP contribution in [0.15, 0.2) is 24.3 Å². The number of nitrogens with one attached hydrogen (secondary N) is 1. The van der Waals surface area contributed by atoms with E-state index in [0.29, 0.717) is 6.61 Å². The fraction of sp³-hybridized carbons (Fsp3) is 0.625. The van der Waals surface area contributed by atoms with Gasteiger partial charge in [0.2, 0.25) is 0 Å². The highest BCUT2D eigenvalue weighted by Crippen LogP contribution is 2.14. The standard InChI is InChI=1S/C16H28N2O/c1-16(2,18(4)5)13-19-12-15-9-7-6-8-14(15)10-11-17-3/h6-9,17H,10-13H2,1-5H3. The molecule has 108 valence electrons. The summed E-state index contributed by atoms with van der Waals surface area (Å²) < 4.78 is 5.90. The summed E-state index contributed by atoms with van der Waals surface area (Å²) in [5.41, 5.74) is 2.74. The Morgan fingerprint density at radius 3 is 2.37 bits per heavy atom. The third-order valence-electron chi connectivity index (χ3n) is 3.69. The summed E-state index contributed by atoms with van der Waals surface area (Å²) in [4.78, 5) is 2.19. The van der Waals surface area contributed by atoms with Crippen LogP contribution in [0.1, 0.15) is 25.0 Å². The average Bonchev–Trinajstić information content (AvgIpc) is 2.37. The summed E-state index contributed by atoms with van der Waals surface area (Å²) in [6.07, 6.45) is 1.05. The van der Waals surface area contributed by atoms with Crippen molar-refractivity contribution in [3.63, 3.8) is 0 Å². The topological polar surface area (TPSA) is 24.5 Å². The Labute approximate surface area is 118 Å². The van der Waals surface area contributed by atoms with Crippen LogP contribution in [0, 0.1) is 0 Å². The fourth-order valence-corrected chi connectivity index (χ4v) is 1.74. The van der Waals surface area contributed by atoms with Gasteiger partial charge in [-0.1, -0.05) is 24.3 Å². The molecule has 0 aliphatic rings. The third kappa shape index (κ3) is 5.31. The molecule has 3 nitrogen and oxygen atoms in total. The zero-order valence-electron chi connectivity index (χ0n) is 13.0. The molecular formula is C16H28N2O. The van der Waals surface area contributed by atoms with E-state index in [4.69, 9.17) is 4.74 Å². The number of rotatable bonds is 8. The molecule has 0 radical (unpaired) electrons. The number of benzene rings is 1. The summed E-state index contributed by atoms with van der Waals surface area (Å²) in [5, 5.41) is 3.19. The van der Waals surface area contributed by atoms with Crippen LogP contribution >= 0.6 is 0 Å². The van der Waals surface area contributed by atoms with Crippen LogP contribution in [0.4, 0.5) is 0 Å². The second-order valence-corrected chi connectivity index (χ2v) is 5.82. The van der Waals surface area contributed by atoms with Crippen molar-refractivity contribution in [3.8, 4) is 0 Å². The van der Waals surface area contributed by atoms with Gasteiger partial charge in [0.15, 0.2) is 0 Å². The van der Waals surface area contributed by atoms with Gasteiger partial charge in [-0.05, 0) is 59.1 Å². The first-order valence-electron chi connectivity index (χ1n) is 6.94. The predicted molar refractivity (Wildman–Crippen MR) is 81.5 cm³/mol.